The monoisotopic (exact) mass is 382 g/mol. The second-order valence-corrected chi connectivity index (χ2v) is 4.39. The lowest BCUT2D eigenvalue weighted by molar-refractivity contribution is 0.350. The zero-order valence-electron chi connectivity index (χ0n) is 14.5. The minimum Gasteiger partial charge on any atom is -0.384 e. The van der Waals surface area contributed by atoms with Gasteiger partial charge in [0, 0.05) is 12.8 Å². The van der Waals surface area contributed by atoms with Crippen LogP contribution in [0.1, 0.15) is 52.4 Å². The summed E-state index contributed by atoms with van der Waals surface area (Å²) in [7, 11) is 0. The van der Waals surface area contributed by atoms with Gasteiger partial charge in [0.15, 0.2) is 0 Å². The van der Waals surface area contributed by atoms with Gasteiger partial charge < -0.3 is 5.11 Å². The molecule has 2 heteroatoms. The van der Waals surface area contributed by atoms with E-state index in [1.165, 1.54) is 0 Å². The molecule has 0 saturated carbocycles. The fourth-order valence-corrected chi connectivity index (χ4v) is 1.23. The molecule has 124 valence electrons. The van der Waals surface area contributed by atoms with Crippen LogP contribution < -0.4 is 0 Å². The minimum absolute atomic E-state index is 0.0860. The molecule has 1 nitrogen and oxygen atoms in total. The highest BCUT2D eigenvalue weighted by molar-refractivity contribution is 9.09. The van der Waals surface area contributed by atoms with E-state index in [1.807, 2.05) is 13.8 Å². The van der Waals surface area contributed by atoms with Gasteiger partial charge in [-0.15, -0.1) is 11.8 Å². The maximum absolute atomic E-state index is 8.29. The first kappa shape index (κ1) is 24.1. The Morgan fingerprint density at radius 3 is 1.21 bits per heavy atom. The number of halogens is 1. The van der Waals surface area contributed by atoms with Gasteiger partial charge in [0.05, 0.1) is 31.0 Å². The van der Waals surface area contributed by atoms with Crippen LogP contribution in [0.3, 0.4) is 0 Å². The van der Waals surface area contributed by atoms with Crippen molar-refractivity contribution in [1.82, 2.24) is 0 Å². The van der Waals surface area contributed by atoms with Crippen molar-refractivity contribution in [1.29, 1.82) is 0 Å². The van der Waals surface area contributed by atoms with Crippen molar-refractivity contribution in [3.63, 3.8) is 0 Å². The third-order valence-electron chi connectivity index (χ3n) is 1.96. The van der Waals surface area contributed by atoms with Gasteiger partial charge in [-0.05, 0) is 0 Å². The summed E-state index contributed by atoms with van der Waals surface area (Å²) in [5.41, 5.74) is 0. The summed E-state index contributed by atoms with van der Waals surface area (Å²) in [5, 5.41) is 9.02. The van der Waals surface area contributed by atoms with E-state index in [0.717, 1.165) is 18.2 Å². The van der Waals surface area contributed by atoms with Gasteiger partial charge in [-0.3, -0.25) is 0 Å². The first-order valence-corrected chi connectivity index (χ1v) is 8.86. The summed E-state index contributed by atoms with van der Waals surface area (Å²) >= 11 is 3.21. The van der Waals surface area contributed by atoms with Crippen molar-refractivity contribution in [2.75, 3.05) is 11.9 Å². The molecule has 0 aliphatic heterocycles. The number of aliphatic hydroxyl groups is 1. The van der Waals surface area contributed by atoms with Gasteiger partial charge in [-0.2, -0.15) is 0 Å². The summed E-state index contributed by atoms with van der Waals surface area (Å²) in [4.78, 5) is 0. The van der Waals surface area contributed by atoms with Crippen LogP contribution in [0.2, 0.25) is 0 Å². The highest BCUT2D eigenvalue weighted by Gasteiger charge is 1.68. The third-order valence-corrected chi connectivity index (χ3v) is 2.24. The Morgan fingerprint density at radius 1 is 0.542 bits per heavy atom. The maximum atomic E-state index is 8.29. The summed E-state index contributed by atoms with van der Waals surface area (Å²) in [6.07, 6.45) is 4.25. The van der Waals surface area contributed by atoms with Crippen LogP contribution in [0.25, 0.3) is 0 Å². The van der Waals surface area contributed by atoms with Crippen molar-refractivity contribution in [2.24, 2.45) is 0 Å². The Bertz CT molecular complexity index is 547. The molecule has 0 heterocycles. The first-order chi connectivity index (χ1) is 11.8. The molecular formula is C22H23BrO. The Kier molecular flexibility index (Phi) is 25.8. The van der Waals surface area contributed by atoms with Crippen molar-refractivity contribution in [3.8, 4) is 71.0 Å². The largest absolute Gasteiger partial charge is 0.384 e. The predicted octanol–water partition coefficient (Wildman–Crippen LogP) is 3.76. The van der Waals surface area contributed by atoms with Crippen LogP contribution in [0.15, 0.2) is 0 Å². The molecular weight excluding hydrogens is 360 g/mol. The number of rotatable bonds is 0. The van der Waals surface area contributed by atoms with E-state index in [-0.39, 0.29) is 6.61 Å². The van der Waals surface area contributed by atoms with Gasteiger partial charge in [-0.1, -0.05) is 89.0 Å². The molecule has 0 aromatic rings. The molecule has 0 spiro atoms. The van der Waals surface area contributed by atoms with Crippen molar-refractivity contribution in [2.45, 2.75) is 52.4 Å². The summed E-state index contributed by atoms with van der Waals surface area (Å²) < 4.78 is 0. The Balaban J connectivity index is 0. The quantitative estimate of drug-likeness (QED) is 0.499. The summed E-state index contributed by atoms with van der Waals surface area (Å²) in [6, 6.07) is 0. The number of aliphatic hydroxyl groups excluding tert-OH is 1. The zero-order valence-corrected chi connectivity index (χ0v) is 16.1. The average Bonchev–Trinajstić information content (AvgIpc) is 2.60. The van der Waals surface area contributed by atoms with Crippen molar-refractivity contribution >= 4 is 15.9 Å². The summed E-state index contributed by atoms with van der Waals surface area (Å²) in [5.74, 6) is 34.3. The zero-order chi connectivity index (χ0) is 18.1. The van der Waals surface area contributed by atoms with E-state index in [1.54, 1.807) is 0 Å². The lowest BCUT2D eigenvalue weighted by atomic mass is 10.3. The van der Waals surface area contributed by atoms with E-state index in [9.17, 15) is 0 Å². The summed E-state index contributed by atoms with van der Waals surface area (Å²) in [6.45, 7) is 3.95. The molecule has 0 aliphatic carbocycles. The van der Waals surface area contributed by atoms with E-state index < -0.39 is 0 Å². The highest BCUT2D eigenvalue weighted by Crippen LogP contribution is 1.78. The predicted molar refractivity (Wildman–Crippen MR) is 107 cm³/mol. The smallest absolute Gasteiger partial charge is 0.104 e. The molecule has 0 aromatic carbocycles. The second kappa shape index (κ2) is 25.7. The fourth-order valence-electron chi connectivity index (χ4n) is 1.03. The molecule has 1 N–H and O–H groups in total. The van der Waals surface area contributed by atoms with E-state index in [0.29, 0.717) is 25.7 Å². The molecule has 0 saturated heterocycles. The maximum Gasteiger partial charge on any atom is 0.104 e. The third kappa shape index (κ3) is 28.0. The van der Waals surface area contributed by atoms with Gasteiger partial charge in [0.1, 0.15) is 6.61 Å². The molecule has 0 fully saturated rings. The SMILES string of the molecule is CCC#CCC#CCC#CCBr.CCC#CCC#CCC#CCO. The van der Waals surface area contributed by atoms with Crippen LogP contribution in [0.5, 0.6) is 0 Å². The van der Waals surface area contributed by atoms with Gasteiger partial charge >= 0.3 is 0 Å². The molecule has 0 rings (SSSR count). The van der Waals surface area contributed by atoms with Crippen LogP contribution >= 0.6 is 15.9 Å². The molecule has 0 atom stereocenters. The fraction of sp³-hybridized carbons (Fsp3) is 0.455. The van der Waals surface area contributed by atoms with Gasteiger partial charge in [0.25, 0.3) is 0 Å². The molecule has 0 radical (unpaired) electrons. The lowest BCUT2D eigenvalue weighted by Gasteiger charge is -1.72. The van der Waals surface area contributed by atoms with Crippen LogP contribution in [0.4, 0.5) is 0 Å². The first-order valence-electron chi connectivity index (χ1n) is 7.74. The normalized spacial score (nSPS) is 6.50. The van der Waals surface area contributed by atoms with Gasteiger partial charge in [-0.25, -0.2) is 0 Å². The molecule has 0 unspecified atom stereocenters. The molecule has 24 heavy (non-hydrogen) atoms. The standard InChI is InChI=1S/C11H11Br.C11H12O/c2*1-2-3-4-5-6-7-8-9-10-11-12/h2,5,8,11H2,1H3;12H,2,5,8,11H2,1H3. The lowest BCUT2D eigenvalue weighted by Crippen LogP contribution is -1.70. The van der Waals surface area contributed by atoms with E-state index in [4.69, 9.17) is 5.11 Å². The Morgan fingerprint density at radius 2 is 0.875 bits per heavy atom. The Labute approximate surface area is 156 Å². The minimum atomic E-state index is -0.0860. The van der Waals surface area contributed by atoms with Crippen LogP contribution in [-0.4, -0.2) is 17.0 Å². The van der Waals surface area contributed by atoms with E-state index >= 15 is 0 Å². The second-order valence-electron chi connectivity index (χ2n) is 3.83. The highest BCUT2D eigenvalue weighted by atomic mass is 79.9. The topological polar surface area (TPSA) is 20.2 Å². The molecule has 0 amide bonds. The average molecular weight is 383 g/mol. The van der Waals surface area contributed by atoms with Crippen molar-refractivity contribution in [3.05, 3.63) is 0 Å². The van der Waals surface area contributed by atoms with Crippen LogP contribution in [0, 0.1) is 71.0 Å². The number of hydrogen-bond donors (Lipinski definition) is 1. The molecule has 0 aromatic heterocycles. The van der Waals surface area contributed by atoms with E-state index in [2.05, 4.69) is 87.0 Å². The number of hydrogen-bond acceptors (Lipinski definition) is 1. The van der Waals surface area contributed by atoms with Crippen LogP contribution in [-0.2, 0) is 0 Å². The molecule has 0 aliphatic rings. The van der Waals surface area contributed by atoms with Crippen molar-refractivity contribution < 1.29 is 5.11 Å². The molecule has 0 bridgehead atoms. The van der Waals surface area contributed by atoms with Gasteiger partial charge in [0.2, 0.25) is 0 Å². The Hall–Kier alpha value is -2.20. The number of alkyl halides is 1.